The van der Waals surface area contributed by atoms with Crippen LogP contribution in [0.3, 0.4) is 0 Å². The largest absolute Gasteiger partial charge is 0.497 e. The van der Waals surface area contributed by atoms with Crippen molar-refractivity contribution in [3.8, 4) is 16.9 Å². The standard InChI is InChI=1S/C27H38N4O5S/c1-19(2)16-36-17-21(32)14-31(8-7-30-9-11-35-12-10-30)15-24-28-26(33)25-23(18-37-27(25)29-24)20-5-4-6-22(13-20)34-3/h4-6,13,18-19,21,32H,7-12,14-17H2,1-3H3,(H,28,29,33). The molecule has 37 heavy (non-hydrogen) atoms. The Morgan fingerprint density at radius 2 is 2.08 bits per heavy atom. The van der Waals surface area contributed by atoms with Crippen molar-refractivity contribution in [2.75, 3.05) is 66.3 Å². The van der Waals surface area contributed by atoms with Crippen LogP contribution in [0, 0.1) is 5.92 Å². The molecule has 2 aromatic heterocycles. The first-order chi connectivity index (χ1) is 17.9. The van der Waals surface area contributed by atoms with Crippen LogP contribution in [-0.4, -0.2) is 97.2 Å². The van der Waals surface area contributed by atoms with E-state index in [1.54, 1.807) is 7.11 Å². The van der Waals surface area contributed by atoms with E-state index in [0.717, 1.165) is 56.3 Å². The average Bonchev–Trinajstić information content (AvgIpc) is 3.32. The van der Waals surface area contributed by atoms with Crippen LogP contribution < -0.4 is 10.3 Å². The van der Waals surface area contributed by atoms with Gasteiger partial charge >= 0.3 is 0 Å². The predicted molar refractivity (Wildman–Crippen MR) is 146 cm³/mol. The van der Waals surface area contributed by atoms with Crippen LogP contribution in [-0.2, 0) is 16.0 Å². The Morgan fingerprint density at radius 1 is 1.27 bits per heavy atom. The van der Waals surface area contributed by atoms with Crippen LogP contribution in [0.4, 0.5) is 0 Å². The number of aromatic nitrogens is 2. The number of benzene rings is 1. The van der Waals surface area contributed by atoms with Gasteiger partial charge in [0.2, 0.25) is 0 Å². The molecule has 1 aliphatic rings. The molecule has 1 atom stereocenters. The fraction of sp³-hybridized carbons (Fsp3) is 0.556. The fourth-order valence-corrected chi connectivity index (χ4v) is 5.38. The number of nitrogens with one attached hydrogen (secondary N) is 1. The first-order valence-corrected chi connectivity index (χ1v) is 13.7. The number of fused-ring (bicyclic) bond motifs is 1. The first kappa shape index (κ1) is 27.7. The van der Waals surface area contributed by atoms with Gasteiger partial charge in [0.05, 0.1) is 45.0 Å². The van der Waals surface area contributed by atoms with Gasteiger partial charge in [0.15, 0.2) is 0 Å². The van der Waals surface area contributed by atoms with Crippen LogP contribution >= 0.6 is 11.3 Å². The molecule has 4 rings (SSSR count). The highest BCUT2D eigenvalue weighted by molar-refractivity contribution is 7.17. The monoisotopic (exact) mass is 530 g/mol. The van der Waals surface area contributed by atoms with E-state index in [2.05, 4.69) is 28.6 Å². The number of ether oxygens (including phenoxy) is 3. The minimum atomic E-state index is -0.625. The lowest BCUT2D eigenvalue weighted by Crippen LogP contribution is -2.43. The van der Waals surface area contributed by atoms with Crippen molar-refractivity contribution in [1.29, 1.82) is 0 Å². The van der Waals surface area contributed by atoms with Crippen molar-refractivity contribution in [2.45, 2.75) is 26.5 Å². The number of thiophene rings is 1. The van der Waals surface area contributed by atoms with Crippen LogP contribution in [0.2, 0.25) is 0 Å². The minimum Gasteiger partial charge on any atom is -0.497 e. The van der Waals surface area contributed by atoms with Crippen molar-refractivity contribution in [3.63, 3.8) is 0 Å². The van der Waals surface area contributed by atoms with Crippen LogP contribution in [0.5, 0.6) is 5.75 Å². The molecular weight excluding hydrogens is 492 g/mol. The molecule has 2 N–H and O–H groups in total. The van der Waals surface area contributed by atoms with Gasteiger partial charge in [0.25, 0.3) is 5.56 Å². The second kappa shape index (κ2) is 13.5. The van der Waals surface area contributed by atoms with E-state index < -0.39 is 6.10 Å². The fourth-order valence-electron chi connectivity index (χ4n) is 4.42. The molecule has 9 nitrogen and oxygen atoms in total. The van der Waals surface area contributed by atoms with E-state index in [1.807, 2.05) is 29.6 Å². The van der Waals surface area contributed by atoms with Crippen molar-refractivity contribution in [2.24, 2.45) is 5.92 Å². The molecule has 1 aromatic carbocycles. The SMILES string of the molecule is COc1cccc(-c2csc3nc(CN(CCN4CCOCC4)CC(O)COCC(C)C)[nH]c(=O)c23)c1. The molecule has 0 saturated carbocycles. The summed E-state index contributed by atoms with van der Waals surface area (Å²) in [6, 6.07) is 7.68. The van der Waals surface area contributed by atoms with E-state index in [-0.39, 0.29) is 12.2 Å². The normalized spacial score (nSPS) is 15.6. The number of aromatic amines is 1. The Hall–Kier alpha value is -2.34. The maximum atomic E-state index is 13.2. The number of methoxy groups -OCH3 is 1. The first-order valence-electron chi connectivity index (χ1n) is 12.9. The van der Waals surface area contributed by atoms with E-state index in [9.17, 15) is 9.90 Å². The lowest BCUT2D eigenvalue weighted by molar-refractivity contribution is 0.000565. The molecule has 3 aromatic rings. The molecule has 0 bridgehead atoms. The molecule has 3 heterocycles. The van der Waals surface area contributed by atoms with Gasteiger partial charge < -0.3 is 24.3 Å². The number of rotatable bonds is 13. The molecule has 1 fully saturated rings. The minimum absolute atomic E-state index is 0.159. The quantitative estimate of drug-likeness (QED) is 0.348. The summed E-state index contributed by atoms with van der Waals surface area (Å²) in [6.45, 7) is 10.8. The van der Waals surface area contributed by atoms with Gasteiger partial charge in [-0.2, -0.15) is 0 Å². The zero-order valence-electron chi connectivity index (χ0n) is 21.9. The van der Waals surface area contributed by atoms with Crippen molar-refractivity contribution < 1.29 is 19.3 Å². The zero-order chi connectivity index (χ0) is 26.2. The number of hydrogen-bond donors (Lipinski definition) is 2. The van der Waals surface area contributed by atoms with Gasteiger partial charge in [-0.3, -0.25) is 14.6 Å². The third kappa shape index (κ3) is 7.83. The average molecular weight is 531 g/mol. The topological polar surface area (TPSA) is 100 Å². The molecule has 0 spiro atoms. The lowest BCUT2D eigenvalue weighted by Gasteiger charge is -2.30. The predicted octanol–water partition coefficient (Wildman–Crippen LogP) is 2.83. The van der Waals surface area contributed by atoms with Gasteiger partial charge in [-0.25, -0.2) is 4.98 Å². The molecule has 0 amide bonds. The molecule has 10 heteroatoms. The highest BCUT2D eigenvalue weighted by Crippen LogP contribution is 2.32. The Bertz CT molecular complexity index is 1190. The van der Waals surface area contributed by atoms with Gasteiger partial charge in [-0.1, -0.05) is 26.0 Å². The van der Waals surface area contributed by atoms with E-state index in [0.29, 0.717) is 41.7 Å². The van der Waals surface area contributed by atoms with E-state index in [4.69, 9.17) is 19.2 Å². The van der Waals surface area contributed by atoms with Crippen LogP contribution in [0.1, 0.15) is 19.7 Å². The maximum Gasteiger partial charge on any atom is 0.260 e. The lowest BCUT2D eigenvalue weighted by atomic mass is 10.1. The third-order valence-electron chi connectivity index (χ3n) is 6.31. The van der Waals surface area contributed by atoms with E-state index in [1.165, 1.54) is 11.3 Å². The summed E-state index contributed by atoms with van der Waals surface area (Å²) in [6.07, 6.45) is -0.625. The second-order valence-corrected chi connectivity index (χ2v) is 10.7. The number of nitrogens with zero attached hydrogens (tertiary/aromatic N) is 3. The summed E-state index contributed by atoms with van der Waals surface area (Å²) in [5.41, 5.74) is 1.61. The molecule has 1 unspecified atom stereocenters. The van der Waals surface area contributed by atoms with Crippen molar-refractivity contribution in [1.82, 2.24) is 19.8 Å². The van der Waals surface area contributed by atoms with Gasteiger partial charge in [-0.15, -0.1) is 11.3 Å². The summed E-state index contributed by atoms with van der Waals surface area (Å²) in [7, 11) is 1.63. The van der Waals surface area contributed by atoms with Crippen molar-refractivity contribution >= 4 is 21.6 Å². The Kier molecular flexibility index (Phi) is 10.1. The zero-order valence-corrected chi connectivity index (χ0v) is 22.8. The summed E-state index contributed by atoms with van der Waals surface area (Å²) < 4.78 is 16.5. The summed E-state index contributed by atoms with van der Waals surface area (Å²) in [4.78, 5) is 26.2. The Labute approximate surface area is 222 Å². The number of H-pyrrole nitrogens is 1. The molecule has 1 saturated heterocycles. The highest BCUT2D eigenvalue weighted by Gasteiger charge is 2.19. The maximum absolute atomic E-state index is 13.2. The van der Waals surface area contributed by atoms with Crippen molar-refractivity contribution in [3.05, 3.63) is 45.8 Å². The number of aliphatic hydroxyl groups excluding tert-OH is 1. The number of aliphatic hydroxyl groups is 1. The van der Waals surface area contributed by atoms with Gasteiger partial charge in [0, 0.05) is 50.3 Å². The van der Waals surface area contributed by atoms with Gasteiger partial charge in [-0.05, 0) is 23.6 Å². The molecule has 202 valence electrons. The second-order valence-electron chi connectivity index (χ2n) is 9.85. The third-order valence-corrected chi connectivity index (χ3v) is 7.19. The number of hydrogen-bond acceptors (Lipinski definition) is 9. The summed E-state index contributed by atoms with van der Waals surface area (Å²) in [5, 5.41) is 13.2. The molecule has 0 radical (unpaired) electrons. The highest BCUT2D eigenvalue weighted by atomic mass is 32.1. The summed E-state index contributed by atoms with van der Waals surface area (Å²) in [5.74, 6) is 1.75. The molecule has 1 aliphatic heterocycles. The Balaban J connectivity index is 1.50. The van der Waals surface area contributed by atoms with Crippen LogP contribution in [0.25, 0.3) is 21.3 Å². The number of morpholine rings is 1. The van der Waals surface area contributed by atoms with Gasteiger partial charge in [0.1, 0.15) is 16.4 Å². The summed E-state index contributed by atoms with van der Waals surface area (Å²) >= 11 is 1.46. The Morgan fingerprint density at radius 3 is 2.84 bits per heavy atom. The molecule has 0 aliphatic carbocycles. The van der Waals surface area contributed by atoms with E-state index >= 15 is 0 Å². The smallest absolute Gasteiger partial charge is 0.260 e. The van der Waals surface area contributed by atoms with Crippen LogP contribution in [0.15, 0.2) is 34.4 Å². The molecular formula is C27H38N4O5S.